The highest BCUT2D eigenvalue weighted by Gasteiger charge is 2.28. The van der Waals surface area contributed by atoms with Crippen molar-refractivity contribution in [2.75, 3.05) is 6.54 Å². The normalized spacial score (nSPS) is 16.0. The fourth-order valence-corrected chi connectivity index (χ4v) is 3.66. The first-order valence-corrected chi connectivity index (χ1v) is 10.2. The monoisotopic (exact) mass is 394 g/mol. The number of aromatic amines is 1. The Morgan fingerprint density at radius 1 is 1.07 bits per heavy atom. The number of nitrogens with two attached hydrogens (primary N) is 2. The number of rotatable bonds is 8. The molecule has 2 atom stereocenters. The Balaban J connectivity index is 1.36. The van der Waals surface area contributed by atoms with Crippen molar-refractivity contribution in [2.24, 2.45) is 17.4 Å². The predicted molar refractivity (Wildman–Crippen MR) is 114 cm³/mol. The summed E-state index contributed by atoms with van der Waals surface area (Å²) < 4.78 is 13.1. The summed E-state index contributed by atoms with van der Waals surface area (Å²) in [7, 11) is 0. The number of aromatic nitrogens is 1. The molecular formula is C23H27FN4O. The van der Waals surface area contributed by atoms with Crippen LogP contribution in [0.2, 0.25) is 0 Å². The average molecular weight is 394 g/mol. The van der Waals surface area contributed by atoms with Gasteiger partial charge in [-0.05, 0) is 67.0 Å². The lowest BCUT2D eigenvalue weighted by Crippen LogP contribution is -2.38. The zero-order valence-corrected chi connectivity index (χ0v) is 16.3. The topological polar surface area (TPSA) is 96.9 Å². The second kappa shape index (κ2) is 8.35. The molecule has 1 aliphatic carbocycles. The van der Waals surface area contributed by atoms with E-state index in [1.165, 1.54) is 25.0 Å². The highest BCUT2D eigenvalue weighted by atomic mass is 19.1. The molecule has 2 unspecified atom stereocenters. The van der Waals surface area contributed by atoms with Crippen molar-refractivity contribution >= 4 is 16.8 Å². The largest absolute Gasteiger partial charge is 0.351 e. The molecule has 1 amide bonds. The third-order valence-electron chi connectivity index (χ3n) is 5.67. The second-order valence-electron chi connectivity index (χ2n) is 8.04. The molecule has 5 nitrogen and oxygen atoms in total. The van der Waals surface area contributed by atoms with Gasteiger partial charge >= 0.3 is 0 Å². The van der Waals surface area contributed by atoms with Crippen LogP contribution in [0.4, 0.5) is 4.39 Å². The average Bonchev–Trinajstić information content (AvgIpc) is 3.49. The van der Waals surface area contributed by atoms with Gasteiger partial charge in [0, 0.05) is 29.5 Å². The van der Waals surface area contributed by atoms with E-state index in [4.69, 9.17) is 11.5 Å². The van der Waals surface area contributed by atoms with Crippen LogP contribution in [0.15, 0.2) is 48.5 Å². The molecule has 0 spiro atoms. The summed E-state index contributed by atoms with van der Waals surface area (Å²) in [4.78, 5) is 15.7. The number of hydrogen-bond donors (Lipinski definition) is 4. The van der Waals surface area contributed by atoms with Crippen LogP contribution in [0.1, 0.15) is 36.2 Å². The third-order valence-corrected chi connectivity index (χ3v) is 5.67. The van der Waals surface area contributed by atoms with E-state index in [2.05, 4.69) is 10.3 Å². The number of H-pyrrole nitrogens is 1. The van der Waals surface area contributed by atoms with Crippen LogP contribution in [0.25, 0.3) is 22.0 Å². The third kappa shape index (κ3) is 4.83. The quantitative estimate of drug-likeness (QED) is 0.470. The standard InChI is InChI=1S/C23H27FN4O/c24-18-7-5-14(6-8-18)16-3-4-17-12-22(28-21(17)11-16)23(29)27-13-19(25)9-10-20(26)15-1-2-15/h3-8,11-12,15,19-20,28H,1-2,9-10,13,25-26H2,(H,27,29). The van der Waals surface area contributed by atoms with Crippen LogP contribution >= 0.6 is 0 Å². The molecule has 0 radical (unpaired) electrons. The van der Waals surface area contributed by atoms with Gasteiger partial charge in [-0.15, -0.1) is 0 Å². The zero-order chi connectivity index (χ0) is 20.4. The molecule has 6 N–H and O–H groups in total. The van der Waals surface area contributed by atoms with Crippen LogP contribution < -0.4 is 16.8 Å². The number of carbonyl (C=O) groups is 1. The van der Waals surface area contributed by atoms with Gasteiger partial charge < -0.3 is 21.8 Å². The smallest absolute Gasteiger partial charge is 0.267 e. The van der Waals surface area contributed by atoms with Crippen LogP contribution in [0.3, 0.4) is 0 Å². The van der Waals surface area contributed by atoms with Crippen LogP contribution in [0, 0.1) is 11.7 Å². The SMILES string of the molecule is NC(CCC(N)C1CC1)CNC(=O)c1cc2ccc(-c3ccc(F)cc3)cc2[nH]1. The molecule has 3 aromatic rings. The Bertz CT molecular complexity index is 994. The summed E-state index contributed by atoms with van der Waals surface area (Å²) in [5, 5.41) is 3.85. The van der Waals surface area contributed by atoms with E-state index in [1.54, 1.807) is 12.1 Å². The van der Waals surface area contributed by atoms with Gasteiger partial charge in [-0.1, -0.05) is 24.3 Å². The fraction of sp³-hybridized carbons (Fsp3) is 0.348. The van der Waals surface area contributed by atoms with E-state index in [0.29, 0.717) is 18.2 Å². The molecule has 0 saturated heterocycles. The van der Waals surface area contributed by atoms with Gasteiger partial charge in [0.1, 0.15) is 11.5 Å². The number of halogens is 1. The van der Waals surface area contributed by atoms with Crippen molar-refractivity contribution < 1.29 is 9.18 Å². The van der Waals surface area contributed by atoms with Gasteiger partial charge in [0.15, 0.2) is 0 Å². The summed E-state index contributed by atoms with van der Waals surface area (Å²) >= 11 is 0. The first-order valence-electron chi connectivity index (χ1n) is 10.2. The Morgan fingerprint density at radius 3 is 2.52 bits per heavy atom. The summed E-state index contributed by atoms with van der Waals surface area (Å²) in [5.74, 6) is 0.232. The number of hydrogen-bond acceptors (Lipinski definition) is 3. The predicted octanol–water partition coefficient (Wildman–Crippen LogP) is 3.55. The van der Waals surface area contributed by atoms with Crippen molar-refractivity contribution in [1.29, 1.82) is 0 Å². The fourth-order valence-electron chi connectivity index (χ4n) is 3.66. The number of nitrogens with one attached hydrogen (secondary N) is 2. The molecule has 0 bridgehead atoms. The van der Waals surface area contributed by atoms with E-state index in [0.717, 1.165) is 34.9 Å². The molecule has 6 heteroatoms. The summed E-state index contributed by atoms with van der Waals surface area (Å²) in [6.07, 6.45) is 4.18. The van der Waals surface area contributed by atoms with E-state index in [1.807, 2.05) is 24.3 Å². The summed E-state index contributed by atoms with van der Waals surface area (Å²) in [5.41, 5.74) is 15.5. The molecule has 29 heavy (non-hydrogen) atoms. The minimum absolute atomic E-state index is 0.0989. The van der Waals surface area contributed by atoms with Gasteiger partial charge in [0.05, 0.1) is 0 Å². The van der Waals surface area contributed by atoms with Gasteiger partial charge in [-0.3, -0.25) is 4.79 Å². The number of amides is 1. The molecule has 1 aromatic heterocycles. The molecule has 152 valence electrons. The maximum atomic E-state index is 13.1. The highest BCUT2D eigenvalue weighted by molar-refractivity contribution is 5.98. The maximum absolute atomic E-state index is 13.1. The molecule has 1 aliphatic rings. The van der Waals surface area contributed by atoms with E-state index in [-0.39, 0.29) is 23.8 Å². The van der Waals surface area contributed by atoms with Crippen LogP contribution in [-0.2, 0) is 0 Å². The van der Waals surface area contributed by atoms with E-state index in [9.17, 15) is 9.18 Å². The number of fused-ring (bicyclic) bond motifs is 1. The highest BCUT2D eigenvalue weighted by Crippen LogP contribution is 2.33. The lowest BCUT2D eigenvalue weighted by atomic mass is 10.0. The van der Waals surface area contributed by atoms with Crippen LogP contribution in [-0.4, -0.2) is 29.5 Å². The molecule has 1 saturated carbocycles. The second-order valence-corrected chi connectivity index (χ2v) is 8.04. The van der Waals surface area contributed by atoms with Gasteiger partial charge in [0.2, 0.25) is 0 Å². The number of benzene rings is 2. The molecule has 0 aliphatic heterocycles. The van der Waals surface area contributed by atoms with Crippen molar-refractivity contribution in [1.82, 2.24) is 10.3 Å². The van der Waals surface area contributed by atoms with Gasteiger partial charge in [0.25, 0.3) is 5.91 Å². The molecule has 4 rings (SSSR count). The Labute approximate surface area is 169 Å². The van der Waals surface area contributed by atoms with Crippen molar-refractivity contribution in [3.05, 3.63) is 60.0 Å². The van der Waals surface area contributed by atoms with E-state index < -0.39 is 0 Å². The van der Waals surface area contributed by atoms with Gasteiger partial charge in [-0.2, -0.15) is 0 Å². The summed E-state index contributed by atoms with van der Waals surface area (Å²) in [6.45, 7) is 0.423. The molecule has 1 fully saturated rings. The number of carbonyl (C=O) groups excluding carboxylic acids is 1. The summed E-state index contributed by atoms with van der Waals surface area (Å²) in [6, 6.07) is 14.2. The lowest BCUT2D eigenvalue weighted by Gasteiger charge is -2.15. The minimum atomic E-state index is -0.263. The van der Waals surface area contributed by atoms with E-state index >= 15 is 0 Å². The first-order chi connectivity index (χ1) is 14.0. The minimum Gasteiger partial charge on any atom is -0.351 e. The first kappa shape index (κ1) is 19.6. The Kier molecular flexibility index (Phi) is 5.65. The van der Waals surface area contributed by atoms with Crippen molar-refractivity contribution in [3.63, 3.8) is 0 Å². The Morgan fingerprint density at radius 2 is 1.79 bits per heavy atom. The van der Waals surface area contributed by atoms with Crippen molar-refractivity contribution in [2.45, 2.75) is 37.8 Å². The van der Waals surface area contributed by atoms with Crippen molar-refractivity contribution in [3.8, 4) is 11.1 Å². The lowest BCUT2D eigenvalue weighted by molar-refractivity contribution is 0.0946. The van der Waals surface area contributed by atoms with Gasteiger partial charge in [-0.25, -0.2) is 4.39 Å². The van der Waals surface area contributed by atoms with Crippen LogP contribution in [0.5, 0.6) is 0 Å². The Hall–Kier alpha value is -2.70. The molecule has 1 heterocycles. The zero-order valence-electron chi connectivity index (χ0n) is 16.3. The molecule has 2 aromatic carbocycles. The molecular weight excluding hydrogens is 367 g/mol. The maximum Gasteiger partial charge on any atom is 0.267 e.